The van der Waals surface area contributed by atoms with Gasteiger partial charge in [-0.05, 0) is 37.7 Å². The second kappa shape index (κ2) is 7.86. The van der Waals surface area contributed by atoms with Gasteiger partial charge < -0.3 is 10.6 Å². The van der Waals surface area contributed by atoms with Crippen LogP contribution in [0.15, 0.2) is 29.2 Å². The van der Waals surface area contributed by atoms with Crippen molar-refractivity contribution in [2.45, 2.75) is 24.7 Å². The van der Waals surface area contributed by atoms with Gasteiger partial charge in [-0.2, -0.15) is 0 Å². The Bertz CT molecular complexity index is 526. The summed E-state index contributed by atoms with van der Waals surface area (Å²) in [6.45, 7) is 3.20. The molecule has 0 heterocycles. The van der Waals surface area contributed by atoms with E-state index in [9.17, 15) is 13.2 Å². The molecule has 1 aromatic carbocycles. The van der Waals surface area contributed by atoms with Crippen molar-refractivity contribution >= 4 is 21.6 Å². The lowest BCUT2D eigenvalue weighted by molar-refractivity contribution is -0.120. The van der Waals surface area contributed by atoms with E-state index in [1.807, 2.05) is 6.92 Å². The first kappa shape index (κ1) is 16.5. The first-order valence-electron chi connectivity index (χ1n) is 6.53. The van der Waals surface area contributed by atoms with E-state index in [4.69, 9.17) is 0 Å². The van der Waals surface area contributed by atoms with Crippen molar-refractivity contribution in [3.8, 4) is 0 Å². The van der Waals surface area contributed by atoms with Crippen molar-refractivity contribution < 1.29 is 13.2 Å². The number of anilines is 1. The van der Waals surface area contributed by atoms with Crippen LogP contribution in [0.2, 0.25) is 0 Å². The molecule has 3 N–H and O–H groups in total. The highest BCUT2D eigenvalue weighted by atomic mass is 32.2. The highest BCUT2D eigenvalue weighted by Crippen LogP contribution is 2.13. The topological polar surface area (TPSA) is 87.3 Å². The molecule has 7 heteroatoms. The fraction of sp³-hybridized carbons (Fsp3) is 0.462. The molecule has 0 saturated carbocycles. The van der Waals surface area contributed by atoms with Gasteiger partial charge in [0.1, 0.15) is 0 Å². The Labute approximate surface area is 120 Å². The summed E-state index contributed by atoms with van der Waals surface area (Å²) in [6, 6.07) is 6.39. The van der Waals surface area contributed by atoms with Gasteiger partial charge in [-0.15, -0.1) is 0 Å². The second-order valence-corrected chi connectivity index (χ2v) is 6.15. The Morgan fingerprint density at radius 2 is 1.80 bits per heavy atom. The van der Waals surface area contributed by atoms with Crippen LogP contribution in [0.1, 0.15) is 19.8 Å². The summed E-state index contributed by atoms with van der Waals surface area (Å²) in [4.78, 5) is 11.6. The summed E-state index contributed by atoms with van der Waals surface area (Å²) in [5.74, 6) is 0.00808. The number of carbonyl (C=O) groups excluding carboxylic acids is 1. The zero-order valence-electron chi connectivity index (χ0n) is 11.8. The highest BCUT2D eigenvalue weighted by molar-refractivity contribution is 7.89. The van der Waals surface area contributed by atoms with Gasteiger partial charge in [0.2, 0.25) is 15.9 Å². The summed E-state index contributed by atoms with van der Waals surface area (Å²) in [6.07, 6.45) is 1.30. The molecule has 112 valence electrons. The highest BCUT2D eigenvalue weighted by Gasteiger charge is 2.10. The molecule has 1 rings (SSSR count). The molecule has 0 aliphatic carbocycles. The van der Waals surface area contributed by atoms with E-state index < -0.39 is 10.0 Å². The summed E-state index contributed by atoms with van der Waals surface area (Å²) >= 11 is 0. The SMILES string of the molecule is CCCNC(=O)CCNc1ccc(S(=O)(=O)NC)cc1. The van der Waals surface area contributed by atoms with E-state index in [1.165, 1.54) is 19.2 Å². The maximum Gasteiger partial charge on any atom is 0.240 e. The van der Waals surface area contributed by atoms with Crippen LogP contribution < -0.4 is 15.4 Å². The third-order valence-corrected chi connectivity index (χ3v) is 4.12. The minimum atomic E-state index is -3.40. The van der Waals surface area contributed by atoms with Crippen molar-refractivity contribution in [1.82, 2.24) is 10.0 Å². The fourth-order valence-electron chi connectivity index (χ4n) is 1.54. The lowest BCUT2D eigenvalue weighted by Gasteiger charge is -2.08. The predicted molar refractivity (Wildman–Crippen MR) is 79.1 cm³/mol. The molecule has 0 atom stereocenters. The number of sulfonamides is 1. The van der Waals surface area contributed by atoms with Gasteiger partial charge in [-0.25, -0.2) is 13.1 Å². The van der Waals surface area contributed by atoms with Crippen LogP contribution in [0.5, 0.6) is 0 Å². The smallest absolute Gasteiger partial charge is 0.240 e. The van der Waals surface area contributed by atoms with Crippen LogP contribution in [0.25, 0.3) is 0 Å². The van der Waals surface area contributed by atoms with Crippen molar-refractivity contribution in [2.24, 2.45) is 0 Å². The molecule has 0 aromatic heterocycles. The van der Waals surface area contributed by atoms with Gasteiger partial charge in [-0.3, -0.25) is 4.79 Å². The summed E-state index contributed by atoms with van der Waals surface area (Å²) in [7, 11) is -2.03. The first-order valence-corrected chi connectivity index (χ1v) is 8.02. The monoisotopic (exact) mass is 299 g/mol. The van der Waals surface area contributed by atoms with Crippen LogP contribution in [-0.4, -0.2) is 34.5 Å². The molecule has 0 fully saturated rings. The van der Waals surface area contributed by atoms with Crippen molar-refractivity contribution in [3.63, 3.8) is 0 Å². The Morgan fingerprint density at radius 3 is 2.35 bits per heavy atom. The third kappa shape index (κ3) is 5.18. The van der Waals surface area contributed by atoms with Crippen LogP contribution in [0, 0.1) is 0 Å². The van der Waals surface area contributed by atoms with Gasteiger partial charge in [0.25, 0.3) is 0 Å². The molecule has 6 nitrogen and oxygen atoms in total. The number of hydrogen-bond acceptors (Lipinski definition) is 4. The number of nitrogens with one attached hydrogen (secondary N) is 3. The van der Waals surface area contributed by atoms with Gasteiger partial charge >= 0.3 is 0 Å². The average Bonchev–Trinajstić information content (AvgIpc) is 2.45. The zero-order chi connectivity index (χ0) is 15.0. The molecule has 0 aliphatic rings. The largest absolute Gasteiger partial charge is 0.385 e. The Balaban J connectivity index is 2.45. The molecule has 0 spiro atoms. The van der Waals surface area contributed by atoms with Gasteiger partial charge in [0.05, 0.1) is 4.90 Å². The fourth-order valence-corrected chi connectivity index (χ4v) is 2.27. The molecular formula is C13H21N3O3S. The van der Waals surface area contributed by atoms with E-state index in [1.54, 1.807) is 12.1 Å². The maximum atomic E-state index is 11.5. The molecular weight excluding hydrogens is 278 g/mol. The van der Waals surface area contributed by atoms with E-state index in [0.29, 0.717) is 19.5 Å². The zero-order valence-corrected chi connectivity index (χ0v) is 12.6. The lowest BCUT2D eigenvalue weighted by Crippen LogP contribution is -2.25. The van der Waals surface area contributed by atoms with Crippen LogP contribution in [0.3, 0.4) is 0 Å². The quantitative estimate of drug-likeness (QED) is 0.666. The summed E-state index contributed by atoms with van der Waals surface area (Å²) in [5.41, 5.74) is 0.781. The normalized spacial score (nSPS) is 11.1. The minimum Gasteiger partial charge on any atom is -0.385 e. The molecule has 0 radical (unpaired) electrons. The summed E-state index contributed by atoms with van der Waals surface area (Å²) in [5, 5.41) is 5.86. The van der Waals surface area contributed by atoms with E-state index in [2.05, 4.69) is 15.4 Å². The van der Waals surface area contributed by atoms with Crippen LogP contribution in [-0.2, 0) is 14.8 Å². The maximum absolute atomic E-state index is 11.5. The van der Waals surface area contributed by atoms with E-state index in [0.717, 1.165) is 12.1 Å². The van der Waals surface area contributed by atoms with Gasteiger partial charge in [0, 0.05) is 25.2 Å². The van der Waals surface area contributed by atoms with E-state index >= 15 is 0 Å². The van der Waals surface area contributed by atoms with Gasteiger partial charge in [-0.1, -0.05) is 6.92 Å². The lowest BCUT2D eigenvalue weighted by atomic mass is 10.3. The van der Waals surface area contributed by atoms with Crippen LogP contribution in [0.4, 0.5) is 5.69 Å². The second-order valence-electron chi connectivity index (χ2n) is 4.26. The number of rotatable bonds is 8. The molecule has 0 aliphatic heterocycles. The number of carbonyl (C=O) groups is 1. The Hall–Kier alpha value is -1.60. The third-order valence-electron chi connectivity index (χ3n) is 2.69. The van der Waals surface area contributed by atoms with Crippen LogP contribution >= 0.6 is 0 Å². The Morgan fingerprint density at radius 1 is 1.15 bits per heavy atom. The molecule has 0 bridgehead atoms. The van der Waals surface area contributed by atoms with Crippen molar-refractivity contribution in [3.05, 3.63) is 24.3 Å². The van der Waals surface area contributed by atoms with Crippen molar-refractivity contribution in [1.29, 1.82) is 0 Å². The predicted octanol–water partition coefficient (Wildman–Crippen LogP) is 0.923. The first-order chi connectivity index (χ1) is 9.49. The number of amides is 1. The molecule has 1 aromatic rings. The average molecular weight is 299 g/mol. The molecule has 0 saturated heterocycles. The minimum absolute atomic E-state index is 0.00808. The Kier molecular flexibility index (Phi) is 6.47. The molecule has 0 unspecified atom stereocenters. The standard InChI is InChI=1S/C13H21N3O3S/c1-3-9-16-13(17)8-10-15-11-4-6-12(7-5-11)20(18,19)14-2/h4-7,14-15H,3,8-10H2,1-2H3,(H,16,17). The molecule has 1 amide bonds. The molecule has 20 heavy (non-hydrogen) atoms. The van der Waals surface area contributed by atoms with Gasteiger partial charge in [0.15, 0.2) is 0 Å². The van der Waals surface area contributed by atoms with E-state index in [-0.39, 0.29) is 10.8 Å². The summed E-state index contributed by atoms with van der Waals surface area (Å²) < 4.78 is 25.3. The number of hydrogen-bond donors (Lipinski definition) is 3. The number of benzene rings is 1. The van der Waals surface area contributed by atoms with Crippen molar-refractivity contribution in [2.75, 3.05) is 25.5 Å².